The van der Waals surface area contributed by atoms with Crippen molar-refractivity contribution in [2.24, 2.45) is 4.40 Å². The number of carbonyl (C=O) groups excluding carboxylic acids is 1. The molecule has 1 amide bonds. The first-order valence-electron chi connectivity index (χ1n) is 9.13. The van der Waals surface area contributed by atoms with Crippen LogP contribution in [0, 0.1) is 6.92 Å². The molecule has 1 aliphatic heterocycles. The molecule has 0 unspecified atom stereocenters. The van der Waals surface area contributed by atoms with Crippen LogP contribution in [0.2, 0.25) is 0 Å². The lowest BCUT2D eigenvalue weighted by molar-refractivity contribution is -0.112. The monoisotopic (exact) mass is 429 g/mol. The summed E-state index contributed by atoms with van der Waals surface area (Å²) in [5, 5.41) is 2.78. The maximum Gasteiger partial charge on any atom is 0.344 e. The number of nitrogens with one attached hydrogen (secondary N) is 1. The number of rotatable bonds is 6. The van der Waals surface area contributed by atoms with Gasteiger partial charge in [-0.15, -0.1) is 4.40 Å². The normalized spacial score (nSPS) is 15.1. The van der Waals surface area contributed by atoms with Crippen molar-refractivity contribution in [2.45, 2.75) is 20.4 Å². The summed E-state index contributed by atoms with van der Waals surface area (Å²) >= 11 is 0. The molecule has 2 aromatic rings. The molecule has 0 aromatic heterocycles. The van der Waals surface area contributed by atoms with Gasteiger partial charge in [-0.3, -0.25) is 9.10 Å². The second kappa shape index (κ2) is 8.58. The number of aryl methyl sites for hydroxylation is 1. The lowest BCUT2D eigenvalue weighted by Gasteiger charge is -2.24. The molecule has 8 nitrogen and oxygen atoms in total. The van der Waals surface area contributed by atoms with Crippen LogP contribution in [-0.4, -0.2) is 38.6 Å². The molecule has 0 saturated carbocycles. The Bertz CT molecular complexity index is 1120. The Hall–Kier alpha value is -3.33. The Morgan fingerprint density at radius 1 is 1.07 bits per heavy atom. The van der Waals surface area contributed by atoms with Gasteiger partial charge in [0.1, 0.15) is 11.5 Å². The van der Waals surface area contributed by atoms with E-state index in [0.29, 0.717) is 17.2 Å². The van der Waals surface area contributed by atoms with Gasteiger partial charge in [-0.1, -0.05) is 18.2 Å². The van der Waals surface area contributed by atoms with Gasteiger partial charge in [0.2, 0.25) is 0 Å². The van der Waals surface area contributed by atoms with Crippen LogP contribution < -0.4 is 14.8 Å². The minimum atomic E-state index is -3.94. The fourth-order valence-electron chi connectivity index (χ4n) is 2.95. The summed E-state index contributed by atoms with van der Waals surface area (Å²) in [6.45, 7) is 3.42. The molecular weight excluding hydrogens is 406 g/mol. The molecule has 1 heterocycles. The average Bonchev–Trinajstić information content (AvgIpc) is 2.70. The van der Waals surface area contributed by atoms with Crippen molar-refractivity contribution in [3.05, 3.63) is 65.4 Å². The second-order valence-corrected chi connectivity index (χ2v) is 8.30. The first-order valence-corrected chi connectivity index (χ1v) is 10.5. The standard InChI is InChI=1S/C21H23N3O5S/c1-14-5-10-20(29-4)19(11-14)22-21(25)18-13-24(30(26,27)23-15(18)2)12-16-6-8-17(28-3)9-7-16/h5-11,13H,12H2,1-4H3,(H,22,25). The zero-order chi connectivity index (χ0) is 21.9. The molecule has 0 atom stereocenters. The van der Waals surface area contributed by atoms with Gasteiger partial charge in [0.15, 0.2) is 0 Å². The van der Waals surface area contributed by atoms with Crippen molar-refractivity contribution < 1.29 is 22.7 Å². The van der Waals surface area contributed by atoms with Crippen molar-refractivity contribution in [1.82, 2.24) is 4.31 Å². The topological polar surface area (TPSA) is 97.3 Å². The zero-order valence-corrected chi connectivity index (χ0v) is 18.0. The molecule has 30 heavy (non-hydrogen) atoms. The van der Waals surface area contributed by atoms with E-state index in [2.05, 4.69) is 9.71 Å². The van der Waals surface area contributed by atoms with E-state index in [-0.39, 0.29) is 17.8 Å². The van der Waals surface area contributed by atoms with Gasteiger partial charge in [-0.25, -0.2) is 0 Å². The molecule has 0 aliphatic carbocycles. The van der Waals surface area contributed by atoms with E-state index in [0.717, 1.165) is 15.4 Å². The third kappa shape index (κ3) is 4.62. The molecule has 0 radical (unpaired) electrons. The zero-order valence-electron chi connectivity index (χ0n) is 17.2. The Kier molecular flexibility index (Phi) is 6.12. The molecule has 1 N–H and O–H groups in total. The number of amides is 1. The maximum absolute atomic E-state index is 12.9. The number of methoxy groups -OCH3 is 2. The van der Waals surface area contributed by atoms with Crippen LogP contribution in [0.1, 0.15) is 18.1 Å². The summed E-state index contributed by atoms with van der Waals surface area (Å²) in [6, 6.07) is 12.4. The third-order valence-electron chi connectivity index (χ3n) is 4.56. The summed E-state index contributed by atoms with van der Waals surface area (Å²) in [7, 11) is -0.872. The van der Waals surface area contributed by atoms with E-state index in [1.54, 1.807) is 43.5 Å². The number of hydrogen-bond donors (Lipinski definition) is 1. The van der Waals surface area contributed by atoms with E-state index in [9.17, 15) is 13.2 Å². The second-order valence-electron chi connectivity index (χ2n) is 6.75. The average molecular weight is 429 g/mol. The lowest BCUT2D eigenvalue weighted by Crippen LogP contribution is -2.32. The van der Waals surface area contributed by atoms with Crippen LogP contribution in [0.4, 0.5) is 5.69 Å². The highest BCUT2D eigenvalue weighted by Crippen LogP contribution is 2.27. The Morgan fingerprint density at radius 2 is 1.77 bits per heavy atom. The minimum absolute atomic E-state index is 0.0354. The molecule has 158 valence electrons. The lowest BCUT2D eigenvalue weighted by atomic mass is 10.1. The van der Waals surface area contributed by atoms with Crippen LogP contribution in [-0.2, 0) is 21.5 Å². The molecule has 0 bridgehead atoms. The summed E-state index contributed by atoms with van der Waals surface area (Å²) in [5.41, 5.74) is 2.43. The SMILES string of the molecule is COc1ccc(CN2C=C(C(=O)Nc3cc(C)ccc3OC)C(C)=NS2(=O)=O)cc1. The predicted octanol–water partition coefficient (Wildman–Crippen LogP) is 3.06. The van der Waals surface area contributed by atoms with Gasteiger partial charge in [0, 0.05) is 6.20 Å². The number of ether oxygens (including phenoxy) is 2. The van der Waals surface area contributed by atoms with Crippen molar-refractivity contribution in [2.75, 3.05) is 19.5 Å². The summed E-state index contributed by atoms with van der Waals surface area (Å²) in [5.74, 6) is 0.689. The molecule has 2 aromatic carbocycles. The number of carbonyl (C=O) groups is 1. The van der Waals surface area contributed by atoms with Gasteiger partial charge in [-0.05, 0) is 49.2 Å². The number of hydrogen-bond acceptors (Lipinski definition) is 5. The molecule has 0 spiro atoms. The van der Waals surface area contributed by atoms with Gasteiger partial charge in [0.05, 0.1) is 37.7 Å². The summed E-state index contributed by atoms with van der Waals surface area (Å²) in [4.78, 5) is 12.9. The number of anilines is 1. The molecule has 0 fully saturated rings. The smallest absolute Gasteiger partial charge is 0.344 e. The van der Waals surface area contributed by atoms with Crippen molar-refractivity contribution in [3.63, 3.8) is 0 Å². The van der Waals surface area contributed by atoms with Crippen LogP contribution in [0.15, 0.2) is 58.6 Å². The Morgan fingerprint density at radius 3 is 2.40 bits per heavy atom. The van der Waals surface area contributed by atoms with Crippen LogP contribution in [0.3, 0.4) is 0 Å². The van der Waals surface area contributed by atoms with Crippen LogP contribution in [0.25, 0.3) is 0 Å². The predicted molar refractivity (Wildman–Crippen MR) is 115 cm³/mol. The van der Waals surface area contributed by atoms with Crippen molar-refractivity contribution in [1.29, 1.82) is 0 Å². The highest BCUT2D eigenvalue weighted by atomic mass is 32.2. The number of nitrogens with zero attached hydrogens (tertiary/aromatic N) is 2. The molecule has 1 aliphatic rings. The highest BCUT2D eigenvalue weighted by molar-refractivity contribution is 7.88. The van der Waals surface area contributed by atoms with Crippen molar-refractivity contribution in [3.8, 4) is 11.5 Å². The summed E-state index contributed by atoms with van der Waals surface area (Å²) in [6.07, 6.45) is 1.31. The van der Waals surface area contributed by atoms with E-state index in [4.69, 9.17) is 9.47 Å². The van der Waals surface area contributed by atoms with E-state index >= 15 is 0 Å². The molecule has 9 heteroatoms. The number of benzene rings is 2. The summed E-state index contributed by atoms with van der Waals surface area (Å²) < 4.78 is 40.2. The van der Waals surface area contributed by atoms with Crippen LogP contribution in [0.5, 0.6) is 11.5 Å². The Balaban J connectivity index is 1.88. The maximum atomic E-state index is 12.9. The van der Waals surface area contributed by atoms with Gasteiger partial charge in [-0.2, -0.15) is 8.42 Å². The minimum Gasteiger partial charge on any atom is -0.497 e. The fourth-order valence-corrected chi connectivity index (χ4v) is 4.05. The third-order valence-corrected chi connectivity index (χ3v) is 5.89. The molecule has 3 rings (SSSR count). The van der Waals surface area contributed by atoms with E-state index in [1.807, 2.05) is 13.0 Å². The van der Waals surface area contributed by atoms with E-state index in [1.165, 1.54) is 20.2 Å². The van der Waals surface area contributed by atoms with Gasteiger partial charge < -0.3 is 14.8 Å². The van der Waals surface area contributed by atoms with Crippen molar-refractivity contribution >= 4 is 27.5 Å². The van der Waals surface area contributed by atoms with Gasteiger partial charge >= 0.3 is 10.2 Å². The van der Waals surface area contributed by atoms with Crippen LogP contribution >= 0.6 is 0 Å². The first-order chi connectivity index (χ1) is 14.2. The fraction of sp³-hybridized carbons (Fsp3) is 0.238. The first kappa shape index (κ1) is 21.4. The largest absolute Gasteiger partial charge is 0.497 e. The quantitative estimate of drug-likeness (QED) is 0.761. The Labute approximate surface area is 176 Å². The van der Waals surface area contributed by atoms with Gasteiger partial charge in [0.25, 0.3) is 5.91 Å². The molecule has 0 saturated heterocycles. The van der Waals surface area contributed by atoms with E-state index < -0.39 is 16.1 Å². The highest BCUT2D eigenvalue weighted by Gasteiger charge is 2.28. The molecular formula is C21H23N3O5S.